The lowest BCUT2D eigenvalue weighted by Gasteiger charge is -2.13. The van der Waals surface area contributed by atoms with Crippen molar-refractivity contribution in [1.82, 2.24) is 5.32 Å². The Morgan fingerprint density at radius 3 is 2.24 bits per heavy atom. The number of hydrogen-bond acceptors (Lipinski definition) is 3. The fourth-order valence-corrected chi connectivity index (χ4v) is 3.79. The molecule has 0 aliphatic rings. The van der Waals surface area contributed by atoms with E-state index in [-0.39, 0.29) is 5.91 Å². The number of thioether (sulfide) groups is 1. The summed E-state index contributed by atoms with van der Waals surface area (Å²) in [4.78, 5) is 13.9. The van der Waals surface area contributed by atoms with Crippen molar-refractivity contribution < 1.29 is 9.53 Å². The first-order chi connectivity index (χ1) is 14.0. The molecular formula is C25H27NO2S. The first-order valence-electron chi connectivity index (χ1n) is 9.84. The van der Waals surface area contributed by atoms with E-state index < -0.39 is 0 Å². The van der Waals surface area contributed by atoms with Crippen LogP contribution in [0.1, 0.15) is 39.5 Å². The third kappa shape index (κ3) is 6.13. The molecule has 0 saturated carbocycles. The van der Waals surface area contributed by atoms with Gasteiger partial charge < -0.3 is 10.1 Å². The number of amides is 1. The van der Waals surface area contributed by atoms with Crippen molar-refractivity contribution in [2.24, 2.45) is 0 Å². The van der Waals surface area contributed by atoms with E-state index in [1.165, 1.54) is 16.0 Å². The van der Waals surface area contributed by atoms with E-state index in [2.05, 4.69) is 55.6 Å². The Morgan fingerprint density at radius 2 is 1.59 bits per heavy atom. The number of rotatable bonds is 8. The predicted molar refractivity (Wildman–Crippen MR) is 121 cm³/mol. The Hall–Kier alpha value is -2.72. The van der Waals surface area contributed by atoms with Gasteiger partial charge in [-0.15, -0.1) is 11.8 Å². The minimum absolute atomic E-state index is 0.0739. The summed E-state index contributed by atoms with van der Waals surface area (Å²) >= 11 is 1.74. The molecule has 0 aromatic heterocycles. The number of carbonyl (C=O) groups is 1. The minimum Gasteiger partial charge on any atom is -0.494 e. The molecule has 3 rings (SSSR count). The van der Waals surface area contributed by atoms with Crippen molar-refractivity contribution in [3.05, 3.63) is 94.5 Å². The van der Waals surface area contributed by atoms with Gasteiger partial charge in [0, 0.05) is 28.3 Å². The van der Waals surface area contributed by atoms with E-state index in [9.17, 15) is 4.79 Å². The fourth-order valence-electron chi connectivity index (χ4n) is 2.92. The van der Waals surface area contributed by atoms with Crippen LogP contribution in [0.3, 0.4) is 0 Å². The number of nitrogens with one attached hydrogen (secondary N) is 1. The second-order valence-corrected chi connectivity index (χ2v) is 8.07. The molecular weight excluding hydrogens is 378 g/mol. The quantitative estimate of drug-likeness (QED) is 0.473. The van der Waals surface area contributed by atoms with Crippen LogP contribution in [0.25, 0.3) is 0 Å². The van der Waals surface area contributed by atoms with E-state index >= 15 is 0 Å². The molecule has 0 unspecified atom stereocenters. The van der Waals surface area contributed by atoms with E-state index in [0.717, 1.165) is 22.6 Å². The van der Waals surface area contributed by atoms with Gasteiger partial charge in [-0.1, -0.05) is 47.5 Å². The monoisotopic (exact) mass is 405 g/mol. The second-order valence-electron chi connectivity index (χ2n) is 7.03. The SMILES string of the molecule is CCOc1ccc(C(=O)NCc2ccc(C)cc2)cc1CSc1ccc(C)cc1. The van der Waals surface area contributed by atoms with Crippen LogP contribution in [0.4, 0.5) is 0 Å². The van der Waals surface area contributed by atoms with Gasteiger partial charge in [-0.2, -0.15) is 0 Å². The summed E-state index contributed by atoms with van der Waals surface area (Å²) in [7, 11) is 0. The third-order valence-corrected chi connectivity index (χ3v) is 5.67. The largest absolute Gasteiger partial charge is 0.494 e. The van der Waals surface area contributed by atoms with Gasteiger partial charge in [0.2, 0.25) is 0 Å². The summed E-state index contributed by atoms with van der Waals surface area (Å²) in [6.07, 6.45) is 0. The van der Waals surface area contributed by atoms with Gasteiger partial charge in [-0.05, 0) is 56.7 Å². The maximum absolute atomic E-state index is 12.7. The molecule has 0 heterocycles. The first kappa shape index (κ1) is 21.0. The van der Waals surface area contributed by atoms with E-state index in [4.69, 9.17) is 4.74 Å². The van der Waals surface area contributed by atoms with Gasteiger partial charge in [0.05, 0.1) is 6.61 Å². The minimum atomic E-state index is -0.0739. The molecule has 4 heteroatoms. The number of benzene rings is 3. The molecule has 0 aliphatic heterocycles. The van der Waals surface area contributed by atoms with Crippen LogP contribution in [0.5, 0.6) is 5.75 Å². The summed E-state index contributed by atoms with van der Waals surface area (Å²) in [5, 5.41) is 3.01. The topological polar surface area (TPSA) is 38.3 Å². The van der Waals surface area contributed by atoms with Crippen LogP contribution in [0.15, 0.2) is 71.6 Å². The van der Waals surface area contributed by atoms with Crippen LogP contribution in [0.2, 0.25) is 0 Å². The highest BCUT2D eigenvalue weighted by molar-refractivity contribution is 7.98. The number of carbonyl (C=O) groups excluding carboxylic acids is 1. The molecule has 3 aromatic carbocycles. The summed E-state index contributed by atoms with van der Waals surface area (Å²) in [5.41, 5.74) is 5.23. The molecule has 150 valence electrons. The average molecular weight is 406 g/mol. The van der Waals surface area contributed by atoms with Crippen molar-refractivity contribution >= 4 is 17.7 Å². The van der Waals surface area contributed by atoms with E-state index in [0.29, 0.717) is 18.7 Å². The van der Waals surface area contributed by atoms with E-state index in [1.807, 2.05) is 37.3 Å². The molecule has 0 bridgehead atoms. The van der Waals surface area contributed by atoms with Gasteiger partial charge in [-0.3, -0.25) is 4.79 Å². The Morgan fingerprint density at radius 1 is 0.931 bits per heavy atom. The van der Waals surface area contributed by atoms with Crippen molar-refractivity contribution in [2.45, 2.75) is 38.0 Å². The molecule has 3 aromatic rings. The highest BCUT2D eigenvalue weighted by Crippen LogP contribution is 2.29. The molecule has 1 N–H and O–H groups in total. The lowest BCUT2D eigenvalue weighted by Crippen LogP contribution is -2.22. The fraction of sp³-hybridized carbons (Fsp3) is 0.240. The summed E-state index contributed by atoms with van der Waals surface area (Å²) in [6, 6.07) is 22.3. The number of ether oxygens (including phenoxy) is 1. The number of aryl methyl sites for hydroxylation is 2. The third-order valence-electron chi connectivity index (χ3n) is 4.61. The lowest BCUT2D eigenvalue weighted by molar-refractivity contribution is 0.0951. The molecule has 0 fully saturated rings. The van der Waals surface area contributed by atoms with Gasteiger partial charge in [0.1, 0.15) is 5.75 Å². The Kier molecular flexibility index (Phi) is 7.36. The number of hydrogen-bond donors (Lipinski definition) is 1. The lowest BCUT2D eigenvalue weighted by atomic mass is 10.1. The normalized spacial score (nSPS) is 10.6. The van der Waals surface area contributed by atoms with Gasteiger partial charge in [0.25, 0.3) is 5.91 Å². The molecule has 0 spiro atoms. The standard InChI is InChI=1S/C25H27NO2S/c1-4-28-24-14-11-21(25(27)26-16-20-9-5-18(2)6-10-20)15-22(24)17-29-23-12-7-19(3)8-13-23/h5-15H,4,16-17H2,1-3H3,(H,26,27). The zero-order valence-electron chi connectivity index (χ0n) is 17.2. The first-order valence-corrected chi connectivity index (χ1v) is 10.8. The zero-order valence-corrected chi connectivity index (χ0v) is 18.0. The Labute approximate surface area is 177 Å². The molecule has 3 nitrogen and oxygen atoms in total. The second kappa shape index (κ2) is 10.2. The van der Waals surface area contributed by atoms with Crippen LogP contribution in [-0.4, -0.2) is 12.5 Å². The zero-order chi connectivity index (χ0) is 20.6. The van der Waals surface area contributed by atoms with E-state index in [1.54, 1.807) is 11.8 Å². The average Bonchev–Trinajstić information content (AvgIpc) is 2.73. The highest BCUT2D eigenvalue weighted by atomic mass is 32.2. The summed E-state index contributed by atoms with van der Waals surface area (Å²) < 4.78 is 5.77. The Balaban J connectivity index is 1.69. The van der Waals surface area contributed by atoms with Crippen LogP contribution >= 0.6 is 11.8 Å². The van der Waals surface area contributed by atoms with Gasteiger partial charge in [0.15, 0.2) is 0 Å². The summed E-state index contributed by atoms with van der Waals surface area (Å²) in [6.45, 7) is 7.22. The van der Waals surface area contributed by atoms with Crippen molar-refractivity contribution in [2.75, 3.05) is 6.61 Å². The van der Waals surface area contributed by atoms with Gasteiger partial charge >= 0.3 is 0 Å². The smallest absolute Gasteiger partial charge is 0.251 e. The van der Waals surface area contributed by atoms with Gasteiger partial charge in [-0.25, -0.2) is 0 Å². The molecule has 0 saturated heterocycles. The Bertz CT molecular complexity index is 950. The molecule has 29 heavy (non-hydrogen) atoms. The maximum Gasteiger partial charge on any atom is 0.251 e. The van der Waals surface area contributed by atoms with Crippen LogP contribution in [-0.2, 0) is 12.3 Å². The highest BCUT2D eigenvalue weighted by Gasteiger charge is 2.11. The molecule has 0 atom stereocenters. The molecule has 0 aliphatic carbocycles. The van der Waals surface area contributed by atoms with Crippen LogP contribution < -0.4 is 10.1 Å². The van der Waals surface area contributed by atoms with Crippen molar-refractivity contribution in [3.8, 4) is 5.75 Å². The van der Waals surface area contributed by atoms with Crippen molar-refractivity contribution in [3.63, 3.8) is 0 Å². The summed E-state index contributed by atoms with van der Waals surface area (Å²) in [5.74, 6) is 1.51. The maximum atomic E-state index is 12.7. The van der Waals surface area contributed by atoms with Crippen molar-refractivity contribution in [1.29, 1.82) is 0 Å². The molecule has 1 amide bonds. The molecule has 0 radical (unpaired) electrons. The van der Waals surface area contributed by atoms with Crippen LogP contribution in [0, 0.1) is 13.8 Å². The predicted octanol–water partition coefficient (Wildman–Crippen LogP) is 5.92.